The van der Waals surface area contributed by atoms with Gasteiger partial charge in [-0.3, -0.25) is 0 Å². The van der Waals surface area contributed by atoms with E-state index in [1.807, 2.05) is 0 Å². The minimum Gasteiger partial charge on any atom is -0.598 e. The Morgan fingerprint density at radius 2 is 1.88 bits per heavy atom. The number of aliphatic carboxylic acids is 1. The van der Waals surface area contributed by atoms with Gasteiger partial charge in [-0.15, -0.1) is 4.72 Å². The minimum atomic E-state index is -2.28. The maximum absolute atomic E-state index is 14.7. The van der Waals surface area contributed by atoms with Crippen LogP contribution < -0.4 is 4.72 Å². The molecule has 0 saturated carbocycles. The largest absolute Gasteiger partial charge is 0.598 e. The highest BCUT2D eigenvalue weighted by molar-refractivity contribution is 7.90. The second-order valence-corrected chi connectivity index (χ2v) is 8.35. The molecule has 1 aromatic rings. The molecule has 4 nitrogen and oxygen atoms in total. The summed E-state index contributed by atoms with van der Waals surface area (Å²) >= 11 is -1.82. The Hall–Kier alpha value is -1.51. The smallest absolute Gasteiger partial charge is 0.364 e. The zero-order valence-electron chi connectivity index (χ0n) is 13.8. The van der Waals surface area contributed by atoms with Crippen LogP contribution in [0, 0.1) is 5.82 Å². The molecular weight excluding hydrogens is 343 g/mol. The third-order valence-electron chi connectivity index (χ3n) is 3.34. The van der Waals surface area contributed by atoms with E-state index < -0.39 is 45.4 Å². The average molecular weight is 363 g/mol. The number of hydrogen-bond donors (Lipinski definition) is 2. The van der Waals surface area contributed by atoms with Crippen molar-refractivity contribution in [3.8, 4) is 0 Å². The molecule has 0 saturated heterocycles. The fraction of sp³-hybridized carbons (Fsp3) is 0.438. The van der Waals surface area contributed by atoms with Crippen LogP contribution in [-0.2, 0) is 21.7 Å². The van der Waals surface area contributed by atoms with Crippen LogP contribution in [0.2, 0.25) is 0 Å². The van der Waals surface area contributed by atoms with Crippen molar-refractivity contribution in [2.45, 2.75) is 44.2 Å². The zero-order chi connectivity index (χ0) is 18.7. The molecule has 0 bridgehead atoms. The van der Waals surface area contributed by atoms with E-state index in [1.165, 1.54) is 25.1 Å². The molecule has 0 aromatic heterocycles. The van der Waals surface area contributed by atoms with E-state index in [9.17, 15) is 22.5 Å². The third kappa shape index (κ3) is 4.75. The van der Waals surface area contributed by atoms with Crippen molar-refractivity contribution >= 4 is 17.3 Å². The highest BCUT2D eigenvalue weighted by atomic mass is 32.2. The SMILES string of the molecule is CC(N[S+]([O-])C(C)(C)C)(c1ccccc1F)C(F)C=C(F)C(=O)O. The van der Waals surface area contributed by atoms with Gasteiger partial charge >= 0.3 is 5.97 Å². The number of halogens is 3. The molecule has 134 valence electrons. The zero-order valence-corrected chi connectivity index (χ0v) is 14.6. The number of rotatable bonds is 6. The van der Waals surface area contributed by atoms with E-state index in [1.54, 1.807) is 20.8 Å². The number of alkyl halides is 1. The molecule has 3 atom stereocenters. The lowest BCUT2D eigenvalue weighted by atomic mass is 9.87. The molecule has 0 aliphatic rings. The van der Waals surface area contributed by atoms with Crippen molar-refractivity contribution in [3.63, 3.8) is 0 Å². The molecule has 24 heavy (non-hydrogen) atoms. The van der Waals surface area contributed by atoms with Crippen LogP contribution in [0.5, 0.6) is 0 Å². The summed E-state index contributed by atoms with van der Waals surface area (Å²) in [5, 5.41) is 8.57. The van der Waals surface area contributed by atoms with Crippen LogP contribution in [0.1, 0.15) is 33.3 Å². The molecule has 1 rings (SSSR count). The molecule has 2 N–H and O–H groups in total. The van der Waals surface area contributed by atoms with Crippen molar-refractivity contribution in [2.24, 2.45) is 0 Å². The van der Waals surface area contributed by atoms with Gasteiger partial charge in [0.05, 0.1) is 0 Å². The van der Waals surface area contributed by atoms with Gasteiger partial charge in [0.25, 0.3) is 0 Å². The predicted molar refractivity (Wildman–Crippen MR) is 86.5 cm³/mol. The predicted octanol–water partition coefficient (Wildman–Crippen LogP) is 3.37. The van der Waals surface area contributed by atoms with E-state index in [4.69, 9.17) is 5.11 Å². The summed E-state index contributed by atoms with van der Waals surface area (Å²) in [5.74, 6) is -4.44. The summed E-state index contributed by atoms with van der Waals surface area (Å²) in [6.07, 6.45) is -2.06. The number of carboxylic acid groups (broad SMARTS) is 1. The minimum absolute atomic E-state index is 0.190. The van der Waals surface area contributed by atoms with Gasteiger partial charge in [0.1, 0.15) is 22.3 Å². The van der Waals surface area contributed by atoms with E-state index in [0.29, 0.717) is 0 Å². The second-order valence-electron chi connectivity index (χ2n) is 6.39. The lowest BCUT2D eigenvalue weighted by Crippen LogP contribution is -2.54. The van der Waals surface area contributed by atoms with E-state index in [2.05, 4.69) is 4.72 Å². The first-order chi connectivity index (χ1) is 10.9. The van der Waals surface area contributed by atoms with Crippen LogP contribution in [0.15, 0.2) is 36.2 Å². The summed E-state index contributed by atoms with van der Waals surface area (Å²) in [7, 11) is 0. The van der Waals surface area contributed by atoms with Crippen LogP contribution in [0.4, 0.5) is 13.2 Å². The molecule has 0 aliphatic heterocycles. The summed E-state index contributed by atoms with van der Waals surface area (Å²) in [6.45, 7) is 6.07. The van der Waals surface area contributed by atoms with Crippen LogP contribution >= 0.6 is 0 Å². The van der Waals surface area contributed by atoms with Crippen molar-refractivity contribution < 1.29 is 27.6 Å². The van der Waals surface area contributed by atoms with Crippen LogP contribution in [0.3, 0.4) is 0 Å². The number of carbonyl (C=O) groups is 1. The monoisotopic (exact) mass is 363 g/mol. The highest BCUT2D eigenvalue weighted by Gasteiger charge is 2.44. The van der Waals surface area contributed by atoms with Crippen molar-refractivity contribution in [3.05, 3.63) is 47.5 Å². The molecule has 0 amide bonds. The van der Waals surface area contributed by atoms with Crippen molar-refractivity contribution in [2.75, 3.05) is 0 Å². The first kappa shape index (κ1) is 20.5. The van der Waals surface area contributed by atoms with Gasteiger partial charge < -0.3 is 9.66 Å². The number of benzene rings is 1. The Balaban J connectivity index is 3.39. The Morgan fingerprint density at radius 3 is 2.33 bits per heavy atom. The normalized spacial score (nSPS) is 17.9. The molecule has 3 unspecified atom stereocenters. The van der Waals surface area contributed by atoms with Crippen LogP contribution in [0.25, 0.3) is 0 Å². The molecular formula is C16H20F3NO3S. The Kier molecular flexibility index (Phi) is 6.49. The number of hydrogen-bond acceptors (Lipinski definition) is 3. The molecule has 0 heterocycles. The van der Waals surface area contributed by atoms with Gasteiger partial charge in [-0.2, -0.15) is 4.39 Å². The van der Waals surface area contributed by atoms with Crippen molar-refractivity contribution in [1.82, 2.24) is 4.72 Å². The maximum atomic E-state index is 14.7. The quantitative estimate of drug-likeness (QED) is 0.600. The van der Waals surface area contributed by atoms with Gasteiger partial charge in [-0.25, -0.2) is 13.6 Å². The third-order valence-corrected chi connectivity index (χ3v) is 5.06. The standard InChI is InChI=1S/C16H20F3NO3S/c1-15(2,3)24(23)20-16(4,10-7-5-6-8-11(10)17)13(19)9-12(18)14(21)22/h5-9,13,20H,1-4H3,(H,21,22). The number of nitrogens with one attached hydrogen (secondary N) is 1. The first-order valence-corrected chi connectivity index (χ1v) is 8.24. The number of carboxylic acids is 1. The lowest BCUT2D eigenvalue weighted by molar-refractivity contribution is -0.134. The van der Waals surface area contributed by atoms with E-state index in [0.717, 1.165) is 6.07 Å². The summed E-state index contributed by atoms with van der Waals surface area (Å²) < 4.78 is 56.3. The van der Waals surface area contributed by atoms with Gasteiger partial charge in [0.15, 0.2) is 0 Å². The second kappa shape index (κ2) is 7.58. The topological polar surface area (TPSA) is 72.4 Å². The molecule has 0 spiro atoms. The Morgan fingerprint density at radius 1 is 1.33 bits per heavy atom. The van der Waals surface area contributed by atoms with Crippen LogP contribution in [-0.4, -0.2) is 26.5 Å². The van der Waals surface area contributed by atoms with Gasteiger partial charge in [0, 0.05) is 16.9 Å². The van der Waals surface area contributed by atoms with E-state index >= 15 is 0 Å². The Labute approximate surface area is 142 Å². The molecule has 1 aromatic carbocycles. The first-order valence-electron chi connectivity index (χ1n) is 7.09. The molecule has 0 aliphatic carbocycles. The fourth-order valence-corrected chi connectivity index (χ4v) is 2.77. The summed E-state index contributed by atoms with van der Waals surface area (Å²) in [5.41, 5.74) is -2.12. The highest BCUT2D eigenvalue weighted by Crippen LogP contribution is 2.33. The van der Waals surface area contributed by atoms with E-state index in [-0.39, 0.29) is 11.6 Å². The lowest BCUT2D eigenvalue weighted by Gasteiger charge is -2.36. The Bertz CT molecular complexity index is 633. The van der Waals surface area contributed by atoms with Gasteiger partial charge in [0.2, 0.25) is 5.83 Å². The summed E-state index contributed by atoms with van der Waals surface area (Å²) in [4.78, 5) is 10.6. The summed E-state index contributed by atoms with van der Waals surface area (Å²) in [6, 6.07) is 5.18. The molecule has 8 heteroatoms. The fourth-order valence-electron chi connectivity index (χ4n) is 1.85. The van der Waals surface area contributed by atoms with Gasteiger partial charge in [-0.1, -0.05) is 18.2 Å². The molecule has 0 radical (unpaired) electrons. The average Bonchev–Trinajstić information content (AvgIpc) is 2.46. The molecule has 0 fully saturated rings. The maximum Gasteiger partial charge on any atom is 0.364 e. The van der Waals surface area contributed by atoms with Crippen molar-refractivity contribution in [1.29, 1.82) is 0 Å². The van der Waals surface area contributed by atoms with Gasteiger partial charge in [-0.05, 0) is 39.8 Å².